The van der Waals surface area contributed by atoms with Crippen LogP contribution < -0.4 is 10.6 Å². The number of allylic oxidation sites excluding steroid dienone is 3. The van der Waals surface area contributed by atoms with Crippen molar-refractivity contribution in [3.05, 3.63) is 35.6 Å². The van der Waals surface area contributed by atoms with Crippen LogP contribution in [-0.2, 0) is 19.1 Å². The molecule has 2 atom stereocenters. The fraction of sp³-hybridized carbons (Fsp3) is 0.375. The molecular weight excluding hydrogens is 298 g/mol. The van der Waals surface area contributed by atoms with Gasteiger partial charge in [0.25, 0.3) is 5.91 Å². The molecule has 7 heteroatoms. The van der Waals surface area contributed by atoms with E-state index in [0.29, 0.717) is 30.9 Å². The molecule has 0 aromatic rings. The molecule has 3 rings (SSSR count). The standard InChI is InChI=1S/C16H17N3O4/c1-23-8-9-6-15(21)19-13-7-10(2-3-11(9)13)17-16(22)12-4-5-14(20)18-12/h2-3,6-7,11-12H,4-5,8H2,1H3,(H,18,20)(H,19,21). The normalized spacial score (nSPS) is 28.0. The molecule has 3 aliphatic rings. The molecule has 0 spiro atoms. The van der Waals surface area contributed by atoms with Crippen LogP contribution in [0.3, 0.4) is 0 Å². The molecule has 120 valence electrons. The molecule has 1 aliphatic carbocycles. The molecule has 2 aliphatic heterocycles. The highest BCUT2D eigenvalue weighted by Crippen LogP contribution is 2.27. The van der Waals surface area contributed by atoms with E-state index in [1.807, 2.05) is 6.08 Å². The highest BCUT2D eigenvalue weighted by molar-refractivity contribution is 6.12. The van der Waals surface area contributed by atoms with Gasteiger partial charge in [0.15, 0.2) is 0 Å². The van der Waals surface area contributed by atoms with Crippen LogP contribution in [0.4, 0.5) is 0 Å². The summed E-state index contributed by atoms with van der Waals surface area (Å²) in [5, 5.41) is 5.36. The number of hydrogen-bond acceptors (Lipinski definition) is 4. The number of fused-ring (bicyclic) bond motifs is 1. The van der Waals surface area contributed by atoms with Gasteiger partial charge in [-0.2, -0.15) is 0 Å². The van der Waals surface area contributed by atoms with Crippen molar-refractivity contribution in [3.63, 3.8) is 0 Å². The highest BCUT2D eigenvalue weighted by atomic mass is 16.5. The van der Waals surface area contributed by atoms with Crippen LogP contribution in [0.2, 0.25) is 0 Å². The molecule has 1 fully saturated rings. The van der Waals surface area contributed by atoms with Crippen molar-refractivity contribution in [2.24, 2.45) is 10.9 Å². The summed E-state index contributed by atoms with van der Waals surface area (Å²) in [5.74, 6) is -0.799. The van der Waals surface area contributed by atoms with E-state index >= 15 is 0 Å². The molecule has 0 bridgehead atoms. The Morgan fingerprint density at radius 2 is 2.22 bits per heavy atom. The van der Waals surface area contributed by atoms with E-state index in [-0.39, 0.29) is 23.6 Å². The van der Waals surface area contributed by atoms with Gasteiger partial charge in [0.05, 0.1) is 12.3 Å². The van der Waals surface area contributed by atoms with E-state index in [1.54, 1.807) is 19.3 Å². The van der Waals surface area contributed by atoms with Crippen molar-refractivity contribution in [2.45, 2.75) is 18.9 Å². The van der Waals surface area contributed by atoms with Gasteiger partial charge in [-0.15, -0.1) is 0 Å². The fourth-order valence-corrected chi connectivity index (χ4v) is 2.84. The Balaban J connectivity index is 1.78. The van der Waals surface area contributed by atoms with Gasteiger partial charge in [-0.3, -0.25) is 14.4 Å². The molecule has 2 N–H and O–H groups in total. The second-order valence-electron chi connectivity index (χ2n) is 5.61. The Bertz CT molecular complexity index is 687. The summed E-state index contributed by atoms with van der Waals surface area (Å²) in [5.41, 5.74) is 1.99. The van der Waals surface area contributed by atoms with Crippen molar-refractivity contribution in [2.75, 3.05) is 13.7 Å². The summed E-state index contributed by atoms with van der Waals surface area (Å²) < 4.78 is 5.11. The third kappa shape index (κ3) is 3.29. The molecule has 2 heterocycles. The van der Waals surface area contributed by atoms with Crippen LogP contribution >= 0.6 is 0 Å². The zero-order chi connectivity index (χ0) is 16.4. The topological polar surface area (TPSA) is 96.9 Å². The van der Waals surface area contributed by atoms with Crippen molar-refractivity contribution in [1.82, 2.24) is 10.6 Å². The lowest BCUT2D eigenvalue weighted by Gasteiger charge is -2.27. The quantitative estimate of drug-likeness (QED) is 0.766. The van der Waals surface area contributed by atoms with E-state index in [2.05, 4.69) is 15.6 Å². The minimum Gasteiger partial charge on any atom is -0.380 e. The minimum atomic E-state index is -0.551. The van der Waals surface area contributed by atoms with Gasteiger partial charge in [0, 0.05) is 31.2 Å². The average Bonchev–Trinajstić information content (AvgIpc) is 2.94. The van der Waals surface area contributed by atoms with E-state index in [9.17, 15) is 14.4 Å². The molecule has 23 heavy (non-hydrogen) atoms. The number of methoxy groups -OCH3 is 1. The summed E-state index contributed by atoms with van der Waals surface area (Å²) in [6.07, 6.45) is 7.64. The zero-order valence-corrected chi connectivity index (χ0v) is 12.7. The molecule has 0 radical (unpaired) electrons. The van der Waals surface area contributed by atoms with Gasteiger partial charge >= 0.3 is 0 Å². The van der Waals surface area contributed by atoms with Gasteiger partial charge in [0.2, 0.25) is 11.8 Å². The van der Waals surface area contributed by atoms with Crippen LogP contribution in [0, 0.1) is 5.92 Å². The molecule has 1 saturated heterocycles. The van der Waals surface area contributed by atoms with E-state index < -0.39 is 6.04 Å². The Hall–Kier alpha value is -2.54. The van der Waals surface area contributed by atoms with Crippen LogP contribution in [0.15, 0.2) is 40.6 Å². The van der Waals surface area contributed by atoms with Crippen molar-refractivity contribution < 1.29 is 19.1 Å². The summed E-state index contributed by atoms with van der Waals surface area (Å²) >= 11 is 0. The smallest absolute Gasteiger partial charge is 0.268 e. The molecule has 0 saturated carbocycles. The fourth-order valence-electron chi connectivity index (χ4n) is 2.84. The number of ether oxygens (including phenoxy) is 1. The second-order valence-corrected chi connectivity index (χ2v) is 5.61. The molecule has 3 amide bonds. The Kier molecular flexibility index (Phi) is 4.20. The maximum Gasteiger partial charge on any atom is 0.268 e. The molecule has 0 aromatic heterocycles. The van der Waals surface area contributed by atoms with Gasteiger partial charge in [0.1, 0.15) is 6.04 Å². The lowest BCUT2D eigenvalue weighted by Crippen LogP contribution is -2.35. The Labute approximate surface area is 133 Å². The second kappa shape index (κ2) is 6.29. The minimum absolute atomic E-state index is 0.0760. The van der Waals surface area contributed by atoms with Gasteiger partial charge in [-0.05, 0) is 24.1 Å². The third-order valence-corrected chi connectivity index (χ3v) is 3.93. The molecule has 7 nitrogen and oxygen atoms in total. The first-order valence-electron chi connectivity index (χ1n) is 7.39. The molecular formula is C16H17N3O4. The predicted molar refractivity (Wildman–Crippen MR) is 82.4 cm³/mol. The van der Waals surface area contributed by atoms with Crippen LogP contribution in [0.5, 0.6) is 0 Å². The number of hydrogen-bond donors (Lipinski definition) is 2. The average molecular weight is 315 g/mol. The van der Waals surface area contributed by atoms with Crippen LogP contribution in [-0.4, -0.2) is 43.2 Å². The molecule has 0 aromatic carbocycles. The number of nitrogens with zero attached hydrogens (tertiary/aromatic N) is 1. The summed E-state index contributed by atoms with van der Waals surface area (Å²) in [7, 11) is 1.57. The van der Waals surface area contributed by atoms with E-state index in [0.717, 1.165) is 5.57 Å². The number of rotatable bonds is 3. The first-order chi connectivity index (χ1) is 11.1. The van der Waals surface area contributed by atoms with E-state index in [1.165, 1.54) is 6.08 Å². The van der Waals surface area contributed by atoms with Gasteiger partial charge in [-0.25, -0.2) is 4.99 Å². The number of aliphatic imine (C=N–C) groups is 1. The van der Waals surface area contributed by atoms with E-state index in [4.69, 9.17) is 4.74 Å². The molecule has 2 unspecified atom stereocenters. The first-order valence-corrected chi connectivity index (χ1v) is 7.39. The Morgan fingerprint density at radius 3 is 2.91 bits per heavy atom. The number of amides is 3. The summed E-state index contributed by atoms with van der Waals surface area (Å²) in [6, 6.07) is -0.551. The van der Waals surface area contributed by atoms with Gasteiger partial charge < -0.3 is 15.4 Å². The first kappa shape index (κ1) is 15.4. The number of carbonyl (C=O) groups excluding carboxylic acids is 3. The predicted octanol–water partition coefficient (Wildman–Crippen LogP) is 0.00510. The SMILES string of the molecule is COCC1=CC(=O)NC2=CC(=NC(=O)C3CCC(=O)N3)C=CC12. The monoisotopic (exact) mass is 315 g/mol. The summed E-state index contributed by atoms with van der Waals surface area (Å²) in [6.45, 7) is 0.360. The number of carbonyl (C=O) groups is 3. The number of nitrogens with one attached hydrogen (secondary N) is 2. The lowest BCUT2D eigenvalue weighted by atomic mass is 9.88. The highest BCUT2D eigenvalue weighted by Gasteiger charge is 2.29. The van der Waals surface area contributed by atoms with Crippen molar-refractivity contribution >= 4 is 23.4 Å². The lowest BCUT2D eigenvalue weighted by molar-refractivity contribution is -0.123. The van der Waals surface area contributed by atoms with Crippen LogP contribution in [0.1, 0.15) is 12.8 Å². The van der Waals surface area contributed by atoms with Crippen molar-refractivity contribution in [1.29, 1.82) is 0 Å². The van der Waals surface area contributed by atoms with Crippen molar-refractivity contribution in [3.8, 4) is 0 Å². The summed E-state index contributed by atoms with van der Waals surface area (Å²) in [4.78, 5) is 39.0. The third-order valence-electron chi connectivity index (χ3n) is 3.93. The van der Waals surface area contributed by atoms with Gasteiger partial charge in [-0.1, -0.05) is 6.08 Å². The zero-order valence-electron chi connectivity index (χ0n) is 12.7. The maximum absolute atomic E-state index is 12.1. The Morgan fingerprint density at radius 1 is 1.39 bits per heavy atom. The largest absolute Gasteiger partial charge is 0.380 e. The van der Waals surface area contributed by atoms with Crippen LogP contribution in [0.25, 0.3) is 0 Å². The maximum atomic E-state index is 12.1.